The van der Waals surface area contributed by atoms with Crippen LogP contribution in [0.1, 0.15) is 29.7 Å². The SMILES string of the molecule is Cc1cccc(OCC(O)CNC(C)c2ccc(-n3cnnn3)cc2)c1C. The maximum Gasteiger partial charge on any atom is 0.143 e. The summed E-state index contributed by atoms with van der Waals surface area (Å²) in [6, 6.07) is 14.0. The van der Waals surface area contributed by atoms with Crippen molar-refractivity contribution >= 4 is 0 Å². The first-order valence-electron chi connectivity index (χ1n) is 8.98. The topological polar surface area (TPSA) is 85.1 Å². The molecule has 0 radical (unpaired) electrons. The molecule has 0 bridgehead atoms. The summed E-state index contributed by atoms with van der Waals surface area (Å²) in [7, 11) is 0. The lowest BCUT2D eigenvalue weighted by molar-refractivity contribution is 0.104. The second-order valence-corrected chi connectivity index (χ2v) is 6.64. The van der Waals surface area contributed by atoms with E-state index in [9.17, 15) is 5.11 Å². The maximum absolute atomic E-state index is 10.2. The smallest absolute Gasteiger partial charge is 0.143 e. The van der Waals surface area contributed by atoms with Gasteiger partial charge in [0.15, 0.2) is 0 Å². The van der Waals surface area contributed by atoms with Crippen LogP contribution in [0.25, 0.3) is 5.69 Å². The van der Waals surface area contributed by atoms with Crippen molar-refractivity contribution in [2.75, 3.05) is 13.2 Å². The molecule has 0 spiro atoms. The van der Waals surface area contributed by atoms with Crippen molar-refractivity contribution in [3.05, 3.63) is 65.5 Å². The van der Waals surface area contributed by atoms with E-state index >= 15 is 0 Å². The van der Waals surface area contributed by atoms with E-state index in [1.54, 1.807) is 11.0 Å². The van der Waals surface area contributed by atoms with Gasteiger partial charge in [0.1, 0.15) is 24.8 Å². The molecule has 2 aromatic carbocycles. The molecule has 0 fully saturated rings. The second-order valence-electron chi connectivity index (χ2n) is 6.64. The molecule has 2 N–H and O–H groups in total. The largest absolute Gasteiger partial charge is 0.491 e. The number of hydrogen-bond acceptors (Lipinski definition) is 6. The number of ether oxygens (including phenoxy) is 1. The third-order valence-corrected chi connectivity index (χ3v) is 4.65. The van der Waals surface area contributed by atoms with Crippen LogP contribution in [0.2, 0.25) is 0 Å². The minimum absolute atomic E-state index is 0.100. The number of aliphatic hydroxyl groups is 1. The third-order valence-electron chi connectivity index (χ3n) is 4.65. The molecule has 3 aromatic rings. The van der Waals surface area contributed by atoms with Crippen LogP contribution in [0.5, 0.6) is 5.75 Å². The fourth-order valence-corrected chi connectivity index (χ4v) is 2.75. The van der Waals surface area contributed by atoms with Gasteiger partial charge in [-0.15, -0.1) is 5.10 Å². The average Bonchev–Trinajstić information content (AvgIpc) is 3.22. The fourth-order valence-electron chi connectivity index (χ4n) is 2.75. The zero-order chi connectivity index (χ0) is 19.2. The van der Waals surface area contributed by atoms with E-state index in [-0.39, 0.29) is 12.6 Å². The van der Waals surface area contributed by atoms with Crippen molar-refractivity contribution in [2.45, 2.75) is 32.9 Å². The number of tetrazole rings is 1. The van der Waals surface area contributed by atoms with Gasteiger partial charge in [0.2, 0.25) is 0 Å². The quantitative estimate of drug-likeness (QED) is 0.636. The predicted molar refractivity (Wildman–Crippen MR) is 103 cm³/mol. The van der Waals surface area contributed by atoms with Crippen molar-refractivity contribution in [3.63, 3.8) is 0 Å². The normalized spacial score (nSPS) is 13.3. The van der Waals surface area contributed by atoms with Gasteiger partial charge in [0.05, 0.1) is 5.69 Å². The van der Waals surface area contributed by atoms with Crippen molar-refractivity contribution in [2.24, 2.45) is 0 Å². The van der Waals surface area contributed by atoms with E-state index in [0.717, 1.165) is 22.6 Å². The molecule has 0 aliphatic carbocycles. The molecule has 7 nitrogen and oxygen atoms in total. The first-order valence-corrected chi connectivity index (χ1v) is 8.98. The minimum atomic E-state index is -0.590. The van der Waals surface area contributed by atoms with Gasteiger partial charge in [-0.25, -0.2) is 4.68 Å². The first kappa shape index (κ1) is 19.0. The number of nitrogens with zero attached hydrogens (tertiary/aromatic N) is 4. The van der Waals surface area contributed by atoms with Gasteiger partial charge < -0.3 is 15.2 Å². The molecule has 2 atom stereocenters. The summed E-state index contributed by atoms with van der Waals surface area (Å²) in [5.74, 6) is 0.820. The summed E-state index contributed by atoms with van der Waals surface area (Å²) in [5.41, 5.74) is 4.31. The van der Waals surface area contributed by atoms with E-state index in [4.69, 9.17) is 4.74 Å². The van der Waals surface area contributed by atoms with E-state index in [1.165, 1.54) is 5.56 Å². The lowest BCUT2D eigenvalue weighted by Crippen LogP contribution is -2.33. The van der Waals surface area contributed by atoms with Gasteiger partial charge in [-0.05, 0) is 66.1 Å². The Morgan fingerprint density at radius 3 is 2.63 bits per heavy atom. The molecule has 2 unspecified atom stereocenters. The Morgan fingerprint density at radius 1 is 1.15 bits per heavy atom. The van der Waals surface area contributed by atoms with E-state index < -0.39 is 6.10 Å². The summed E-state index contributed by atoms with van der Waals surface area (Å²) in [4.78, 5) is 0. The Kier molecular flexibility index (Phi) is 6.16. The zero-order valence-corrected chi connectivity index (χ0v) is 15.8. The Bertz CT molecular complexity index is 849. The zero-order valence-electron chi connectivity index (χ0n) is 15.8. The van der Waals surface area contributed by atoms with Crippen molar-refractivity contribution in [1.29, 1.82) is 0 Å². The van der Waals surface area contributed by atoms with E-state index in [2.05, 4.69) is 27.8 Å². The van der Waals surface area contributed by atoms with Crippen LogP contribution in [0, 0.1) is 13.8 Å². The molecular formula is C20H25N5O2. The lowest BCUT2D eigenvalue weighted by atomic mass is 10.1. The van der Waals surface area contributed by atoms with Crippen LogP contribution < -0.4 is 10.1 Å². The van der Waals surface area contributed by atoms with Crippen LogP contribution in [-0.4, -0.2) is 44.6 Å². The highest BCUT2D eigenvalue weighted by Gasteiger charge is 2.11. The Labute approximate surface area is 159 Å². The molecule has 0 saturated heterocycles. The van der Waals surface area contributed by atoms with Gasteiger partial charge in [0.25, 0.3) is 0 Å². The van der Waals surface area contributed by atoms with Gasteiger partial charge in [-0.2, -0.15) is 0 Å². The number of nitrogens with one attached hydrogen (secondary N) is 1. The number of rotatable bonds is 8. The lowest BCUT2D eigenvalue weighted by Gasteiger charge is -2.19. The van der Waals surface area contributed by atoms with Crippen LogP contribution in [0.3, 0.4) is 0 Å². The first-order chi connectivity index (χ1) is 13.0. The summed E-state index contributed by atoms with van der Waals surface area (Å²) in [6.45, 7) is 6.83. The highest BCUT2D eigenvalue weighted by Crippen LogP contribution is 2.20. The van der Waals surface area contributed by atoms with Crippen molar-refractivity contribution < 1.29 is 9.84 Å². The number of aliphatic hydroxyl groups excluding tert-OH is 1. The fraction of sp³-hybridized carbons (Fsp3) is 0.350. The summed E-state index contributed by atoms with van der Waals surface area (Å²) >= 11 is 0. The monoisotopic (exact) mass is 367 g/mol. The van der Waals surface area contributed by atoms with E-state index in [0.29, 0.717) is 6.54 Å². The molecule has 1 aromatic heterocycles. The second kappa shape index (κ2) is 8.75. The van der Waals surface area contributed by atoms with Crippen molar-refractivity contribution in [1.82, 2.24) is 25.5 Å². The summed E-state index contributed by atoms with van der Waals surface area (Å²) in [6.07, 6.45) is 0.969. The Balaban J connectivity index is 1.48. The molecule has 0 amide bonds. The van der Waals surface area contributed by atoms with Crippen LogP contribution in [0.15, 0.2) is 48.8 Å². The minimum Gasteiger partial charge on any atom is -0.491 e. The number of aromatic nitrogens is 4. The van der Waals surface area contributed by atoms with Gasteiger partial charge in [-0.3, -0.25) is 0 Å². The average molecular weight is 367 g/mol. The number of aryl methyl sites for hydroxylation is 1. The molecule has 0 aliphatic heterocycles. The Morgan fingerprint density at radius 2 is 1.93 bits per heavy atom. The molecule has 0 saturated carbocycles. The predicted octanol–water partition coefficient (Wildman–Crippen LogP) is 2.37. The molecule has 142 valence electrons. The standard InChI is InChI=1S/C20H25N5O2/c1-14-5-4-6-20(15(14)2)27-12-19(26)11-21-16(3)17-7-9-18(10-8-17)25-13-22-23-24-25/h4-10,13,16,19,21,26H,11-12H2,1-3H3. The number of benzene rings is 2. The molecule has 3 rings (SSSR count). The molecule has 27 heavy (non-hydrogen) atoms. The van der Waals surface area contributed by atoms with Crippen molar-refractivity contribution in [3.8, 4) is 11.4 Å². The van der Waals surface area contributed by atoms with Gasteiger partial charge >= 0.3 is 0 Å². The van der Waals surface area contributed by atoms with Gasteiger partial charge in [0, 0.05) is 12.6 Å². The molecular weight excluding hydrogens is 342 g/mol. The number of hydrogen-bond donors (Lipinski definition) is 2. The summed E-state index contributed by atoms with van der Waals surface area (Å²) < 4.78 is 7.37. The van der Waals surface area contributed by atoms with Crippen LogP contribution in [-0.2, 0) is 0 Å². The highest BCUT2D eigenvalue weighted by atomic mass is 16.5. The molecule has 0 aliphatic rings. The Hall–Kier alpha value is -2.77. The maximum atomic E-state index is 10.2. The summed E-state index contributed by atoms with van der Waals surface area (Å²) in [5, 5.41) is 24.7. The molecule has 1 heterocycles. The molecule has 7 heteroatoms. The van der Waals surface area contributed by atoms with Crippen LogP contribution in [0.4, 0.5) is 0 Å². The van der Waals surface area contributed by atoms with E-state index in [1.807, 2.05) is 56.3 Å². The van der Waals surface area contributed by atoms with Gasteiger partial charge in [-0.1, -0.05) is 24.3 Å². The highest BCUT2D eigenvalue weighted by molar-refractivity contribution is 5.38. The third kappa shape index (κ3) is 4.90. The van der Waals surface area contributed by atoms with Crippen LogP contribution >= 0.6 is 0 Å².